The number of rotatable bonds is 4. The van der Waals surface area contributed by atoms with E-state index in [0.717, 1.165) is 4.57 Å². The quantitative estimate of drug-likeness (QED) is 0.420. The van der Waals surface area contributed by atoms with Gasteiger partial charge >= 0.3 is 14.3 Å². The van der Waals surface area contributed by atoms with Crippen LogP contribution in [-0.4, -0.2) is 54.5 Å². The maximum Gasteiger partial charge on any atom is 0.330 e. The Morgan fingerprint density at radius 2 is 1.91 bits per heavy atom. The van der Waals surface area contributed by atoms with Crippen LogP contribution in [0.5, 0.6) is 0 Å². The molecule has 10 nitrogen and oxygen atoms in total. The number of aliphatic hydroxyl groups excluding tert-OH is 2. The summed E-state index contributed by atoms with van der Waals surface area (Å²) in [5.41, 5.74) is -1.13. The van der Waals surface area contributed by atoms with Crippen LogP contribution in [0.3, 0.4) is 0 Å². The Hall–Kier alpha value is -1.13. The van der Waals surface area contributed by atoms with E-state index in [1.807, 2.05) is 13.8 Å². The van der Waals surface area contributed by atoms with Gasteiger partial charge in [0.2, 0.25) is 0 Å². The highest BCUT2D eigenvalue weighted by atomic mass is 31.2. The van der Waals surface area contributed by atoms with Crippen molar-refractivity contribution in [2.75, 3.05) is 6.61 Å². The lowest BCUT2D eigenvalue weighted by Crippen LogP contribution is -2.38. The summed E-state index contributed by atoms with van der Waals surface area (Å²) in [5.74, 6) is 0. The average molecular weight is 352 g/mol. The Labute approximate surface area is 132 Å². The van der Waals surface area contributed by atoms with Crippen LogP contribution in [0.1, 0.15) is 25.6 Å². The largest absolute Gasteiger partial charge is 0.387 e. The molecule has 0 saturated carbocycles. The first-order valence-corrected chi connectivity index (χ1v) is 8.12. The van der Waals surface area contributed by atoms with Crippen LogP contribution in [-0.2, 0) is 9.26 Å². The second-order valence-corrected chi connectivity index (χ2v) is 5.34. The Bertz CT molecular complexity index is 616. The van der Waals surface area contributed by atoms with Gasteiger partial charge in [-0.15, -0.1) is 0 Å². The number of hydrogen-bond donors (Lipinski definition) is 5. The maximum atomic E-state index is 11.7. The molecule has 0 radical (unpaired) electrons. The van der Waals surface area contributed by atoms with Gasteiger partial charge in [0, 0.05) is 11.8 Å². The van der Waals surface area contributed by atoms with Gasteiger partial charge in [0.05, 0.1) is 6.61 Å². The van der Waals surface area contributed by atoms with E-state index in [1.54, 1.807) is 0 Å². The van der Waals surface area contributed by atoms with Crippen molar-refractivity contribution in [3.8, 4) is 0 Å². The number of hydrogen-bond acceptors (Lipinski definition) is 8. The molecule has 0 amide bonds. The van der Waals surface area contributed by atoms with Crippen LogP contribution in [0, 0.1) is 6.92 Å². The zero-order chi connectivity index (χ0) is 17.7. The molecule has 0 spiro atoms. The van der Waals surface area contributed by atoms with Crippen LogP contribution in [0.4, 0.5) is 0 Å². The maximum absolute atomic E-state index is 11.7. The molecule has 11 heteroatoms. The highest BCUT2D eigenvalue weighted by molar-refractivity contribution is 7.39. The van der Waals surface area contributed by atoms with Crippen molar-refractivity contribution in [1.82, 2.24) is 9.55 Å². The van der Waals surface area contributed by atoms with E-state index >= 15 is 0 Å². The molecule has 4 atom stereocenters. The fraction of sp³-hybridized carbons (Fsp3) is 0.667. The summed E-state index contributed by atoms with van der Waals surface area (Å²) in [6, 6.07) is 0. The third kappa shape index (κ3) is 4.67. The minimum Gasteiger partial charge on any atom is -0.387 e. The van der Waals surface area contributed by atoms with Crippen molar-refractivity contribution in [2.24, 2.45) is 0 Å². The molecule has 132 valence electrons. The molecule has 1 fully saturated rings. The molecule has 1 aliphatic heterocycles. The van der Waals surface area contributed by atoms with Crippen molar-refractivity contribution in [3.63, 3.8) is 0 Å². The normalized spacial score (nSPS) is 27.0. The first-order valence-electron chi connectivity index (χ1n) is 6.95. The van der Waals surface area contributed by atoms with Crippen LogP contribution in [0.15, 0.2) is 15.8 Å². The van der Waals surface area contributed by atoms with Crippen molar-refractivity contribution in [2.45, 2.75) is 45.3 Å². The molecule has 1 aliphatic rings. The zero-order valence-electron chi connectivity index (χ0n) is 12.9. The second-order valence-electron chi connectivity index (χ2n) is 4.57. The molecule has 1 aromatic heterocycles. The Morgan fingerprint density at radius 1 is 1.30 bits per heavy atom. The number of aliphatic hydroxyl groups is 2. The number of ether oxygens (including phenoxy) is 1. The molecule has 0 aromatic carbocycles. The van der Waals surface area contributed by atoms with E-state index in [0.29, 0.717) is 0 Å². The molecule has 2 rings (SSSR count). The number of aromatic amines is 1. The molecular formula is C12H21N2O8P. The van der Waals surface area contributed by atoms with Crippen molar-refractivity contribution in [3.05, 3.63) is 32.6 Å². The van der Waals surface area contributed by atoms with Gasteiger partial charge in [-0.3, -0.25) is 14.3 Å². The third-order valence-electron chi connectivity index (χ3n) is 3.11. The van der Waals surface area contributed by atoms with E-state index in [1.165, 1.54) is 13.1 Å². The number of aryl methyl sites for hydroxylation is 1. The summed E-state index contributed by atoms with van der Waals surface area (Å²) in [7, 11) is -2.62. The lowest BCUT2D eigenvalue weighted by molar-refractivity contribution is -0.0526. The van der Waals surface area contributed by atoms with Crippen molar-refractivity contribution in [1.29, 1.82) is 0 Å². The van der Waals surface area contributed by atoms with Gasteiger partial charge < -0.3 is 29.3 Å². The van der Waals surface area contributed by atoms with Gasteiger partial charge in [-0.25, -0.2) is 4.79 Å². The van der Waals surface area contributed by atoms with Crippen molar-refractivity contribution >= 4 is 8.60 Å². The SMILES string of the molecule is CC.Cc1cn(C2OC(COP(O)O)C(O)C2O)c(=O)[nH]c1=O. The summed E-state index contributed by atoms with van der Waals surface area (Å²) >= 11 is 0. The van der Waals surface area contributed by atoms with Gasteiger partial charge in [0.1, 0.15) is 18.3 Å². The Balaban J connectivity index is 0.00000127. The average Bonchev–Trinajstić information content (AvgIpc) is 2.79. The lowest BCUT2D eigenvalue weighted by Gasteiger charge is -2.17. The van der Waals surface area contributed by atoms with Gasteiger partial charge in [-0.1, -0.05) is 13.8 Å². The molecule has 5 N–H and O–H groups in total. The zero-order valence-corrected chi connectivity index (χ0v) is 13.8. The molecule has 0 bridgehead atoms. The highest BCUT2D eigenvalue weighted by Crippen LogP contribution is 2.32. The fourth-order valence-electron chi connectivity index (χ4n) is 2.01. The monoisotopic (exact) mass is 352 g/mol. The van der Waals surface area contributed by atoms with E-state index in [-0.39, 0.29) is 12.2 Å². The smallest absolute Gasteiger partial charge is 0.330 e. The van der Waals surface area contributed by atoms with Crippen LogP contribution in [0.25, 0.3) is 0 Å². The van der Waals surface area contributed by atoms with Crippen molar-refractivity contribution < 1.29 is 29.3 Å². The summed E-state index contributed by atoms with van der Waals surface area (Å²) in [6.07, 6.45) is -3.89. The van der Waals surface area contributed by atoms with Crippen LogP contribution < -0.4 is 11.2 Å². The number of aromatic nitrogens is 2. The van der Waals surface area contributed by atoms with Crippen LogP contribution in [0.2, 0.25) is 0 Å². The molecule has 4 unspecified atom stereocenters. The van der Waals surface area contributed by atoms with Gasteiger partial charge in [-0.05, 0) is 6.92 Å². The highest BCUT2D eigenvalue weighted by Gasteiger charge is 2.44. The van der Waals surface area contributed by atoms with E-state index < -0.39 is 44.4 Å². The standard InChI is InChI=1S/C10H15N2O8P.C2H6/c1-4-2-12(10(16)11-8(4)15)9-7(14)6(13)5(20-9)3-19-21(17)18;1-2/h2,5-7,9,13-14,17-18H,3H2,1H3,(H,11,15,16);1-2H3. The van der Waals surface area contributed by atoms with Gasteiger partial charge in [-0.2, -0.15) is 0 Å². The molecule has 1 saturated heterocycles. The molecule has 0 aliphatic carbocycles. The second kappa shape index (κ2) is 8.65. The van der Waals surface area contributed by atoms with E-state index in [9.17, 15) is 19.8 Å². The number of H-pyrrole nitrogens is 1. The van der Waals surface area contributed by atoms with Gasteiger partial charge in [0.15, 0.2) is 6.23 Å². The molecule has 2 heterocycles. The number of nitrogens with zero attached hydrogens (tertiary/aromatic N) is 1. The predicted molar refractivity (Wildman–Crippen MR) is 80.6 cm³/mol. The lowest BCUT2D eigenvalue weighted by atomic mass is 10.1. The van der Waals surface area contributed by atoms with Crippen LogP contribution >= 0.6 is 8.60 Å². The predicted octanol–water partition coefficient (Wildman–Crippen LogP) is -1.28. The summed E-state index contributed by atoms with van der Waals surface area (Å²) in [6.45, 7) is 5.10. The first-order chi connectivity index (χ1) is 10.8. The topological polar surface area (TPSA) is 154 Å². The van der Waals surface area contributed by atoms with E-state index in [2.05, 4.69) is 9.51 Å². The summed E-state index contributed by atoms with van der Waals surface area (Å²) < 4.78 is 10.8. The minimum absolute atomic E-state index is 0.230. The minimum atomic E-state index is -2.62. The Morgan fingerprint density at radius 3 is 2.48 bits per heavy atom. The molecule has 23 heavy (non-hydrogen) atoms. The first kappa shape index (κ1) is 19.9. The van der Waals surface area contributed by atoms with E-state index in [4.69, 9.17) is 14.5 Å². The third-order valence-corrected chi connectivity index (χ3v) is 3.49. The van der Waals surface area contributed by atoms with Gasteiger partial charge in [0.25, 0.3) is 5.56 Å². The summed E-state index contributed by atoms with van der Waals surface area (Å²) in [4.78, 5) is 42.4. The Kier molecular flexibility index (Phi) is 7.49. The molecule has 1 aromatic rings. The summed E-state index contributed by atoms with van der Waals surface area (Å²) in [5, 5.41) is 19.7. The molecular weight excluding hydrogens is 331 g/mol. The fourth-order valence-corrected chi connectivity index (χ4v) is 2.29. The number of nitrogens with one attached hydrogen (secondary N) is 1.